The fraction of sp³-hybridized carbons (Fsp3) is 0.179. The summed E-state index contributed by atoms with van der Waals surface area (Å²) in [4.78, 5) is 12.5. The van der Waals surface area contributed by atoms with Crippen LogP contribution in [0.15, 0.2) is 82.9 Å². The van der Waals surface area contributed by atoms with Crippen molar-refractivity contribution in [3.05, 3.63) is 105 Å². The van der Waals surface area contributed by atoms with Gasteiger partial charge >= 0.3 is 0 Å². The van der Waals surface area contributed by atoms with Crippen LogP contribution < -0.4 is 15.8 Å². The number of hydrogen-bond acceptors (Lipinski definition) is 4. The van der Waals surface area contributed by atoms with Gasteiger partial charge in [0.05, 0.1) is 18.0 Å². The summed E-state index contributed by atoms with van der Waals surface area (Å²) in [6.07, 6.45) is 5.89. The van der Waals surface area contributed by atoms with Gasteiger partial charge in [-0.15, -0.1) is 0 Å². The number of carbonyl (C=O) groups is 1. The maximum Gasteiger partial charge on any atom is 0.248 e. The number of benzene rings is 3. The molecule has 1 amide bonds. The molecule has 0 saturated carbocycles. The molecular weight excluding hydrogens is 492 g/mol. The summed E-state index contributed by atoms with van der Waals surface area (Å²) >= 11 is 3.45. The van der Waals surface area contributed by atoms with Gasteiger partial charge in [0.25, 0.3) is 0 Å². The van der Waals surface area contributed by atoms with Crippen LogP contribution in [0.25, 0.3) is 6.08 Å². The van der Waals surface area contributed by atoms with Gasteiger partial charge in [0.1, 0.15) is 12.4 Å². The lowest BCUT2D eigenvalue weighted by molar-refractivity contribution is -0.111. The molecule has 0 aromatic heterocycles. The molecule has 4 N–H and O–H groups in total. The first-order valence-corrected chi connectivity index (χ1v) is 11.8. The van der Waals surface area contributed by atoms with Crippen molar-refractivity contribution in [3.8, 4) is 5.75 Å². The summed E-state index contributed by atoms with van der Waals surface area (Å²) in [6.45, 7) is 4.32. The number of aliphatic hydroxyl groups is 1. The molecule has 34 heavy (non-hydrogen) atoms. The van der Waals surface area contributed by atoms with Crippen LogP contribution in [0.2, 0.25) is 0 Å². The third kappa shape index (κ3) is 7.07. The maximum atomic E-state index is 12.5. The third-order valence-electron chi connectivity index (χ3n) is 5.20. The molecule has 0 heterocycles. The Morgan fingerprint density at radius 1 is 1.09 bits per heavy atom. The Bertz CT molecular complexity index is 1200. The molecule has 0 fully saturated rings. The topological polar surface area (TPSA) is 84.6 Å². The number of rotatable bonds is 9. The minimum atomic E-state index is -0.297. The molecule has 176 valence electrons. The van der Waals surface area contributed by atoms with Crippen LogP contribution in [0.4, 0.5) is 11.4 Å². The van der Waals surface area contributed by atoms with Crippen LogP contribution in [0.5, 0.6) is 5.75 Å². The van der Waals surface area contributed by atoms with Gasteiger partial charge in [0, 0.05) is 21.7 Å². The van der Waals surface area contributed by atoms with Gasteiger partial charge in [-0.05, 0) is 61.7 Å². The number of ether oxygens (including phenoxy) is 1. The van der Waals surface area contributed by atoms with E-state index in [0.29, 0.717) is 30.2 Å². The molecule has 0 aliphatic carbocycles. The number of aliphatic hydroxyl groups excluding tert-OH is 1. The number of nitrogen functional groups attached to an aromatic ring is 1. The second kappa shape index (κ2) is 12.2. The molecule has 0 aliphatic rings. The highest BCUT2D eigenvalue weighted by molar-refractivity contribution is 9.10. The molecule has 3 rings (SSSR count). The van der Waals surface area contributed by atoms with E-state index in [1.54, 1.807) is 18.2 Å². The second-order valence-corrected chi connectivity index (χ2v) is 9.01. The average Bonchev–Trinajstić information content (AvgIpc) is 2.82. The molecule has 0 radical (unpaired) electrons. The lowest BCUT2D eigenvalue weighted by atomic mass is 9.98. The number of nitrogens with two attached hydrogens (primary N) is 1. The summed E-state index contributed by atoms with van der Waals surface area (Å²) in [5.74, 6) is 0.351. The van der Waals surface area contributed by atoms with Crippen LogP contribution in [-0.2, 0) is 24.4 Å². The van der Waals surface area contributed by atoms with Crippen molar-refractivity contribution in [1.82, 2.24) is 0 Å². The highest BCUT2D eigenvalue weighted by atomic mass is 79.9. The zero-order chi connectivity index (χ0) is 24.5. The van der Waals surface area contributed by atoms with Crippen molar-refractivity contribution in [2.75, 3.05) is 11.1 Å². The van der Waals surface area contributed by atoms with Crippen LogP contribution >= 0.6 is 15.9 Å². The van der Waals surface area contributed by atoms with Crippen molar-refractivity contribution >= 4 is 39.3 Å². The van der Waals surface area contributed by atoms with Gasteiger partial charge in [-0.25, -0.2) is 0 Å². The van der Waals surface area contributed by atoms with Gasteiger partial charge in [-0.1, -0.05) is 64.0 Å². The van der Waals surface area contributed by atoms with E-state index in [0.717, 1.165) is 26.7 Å². The Hall–Kier alpha value is -3.35. The van der Waals surface area contributed by atoms with E-state index in [-0.39, 0.29) is 12.5 Å². The average molecular weight is 521 g/mol. The predicted molar refractivity (Wildman–Crippen MR) is 142 cm³/mol. The molecule has 0 saturated heterocycles. The first-order valence-electron chi connectivity index (χ1n) is 11.0. The fourth-order valence-corrected chi connectivity index (χ4v) is 3.62. The molecular formula is C28H29BrN2O3. The number of amides is 1. The summed E-state index contributed by atoms with van der Waals surface area (Å²) in [5, 5.41) is 12.7. The van der Waals surface area contributed by atoms with Gasteiger partial charge in [0.2, 0.25) is 5.91 Å². The number of anilines is 2. The normalized spacial score (nSPS) is 10.8. The Morgan fingerprint density at radius 2 is 1.82 bits per heavy atom. The first kappa shape index (κ1) is 25.3. The maximum absolute atomic E-state index is 12.5. The summed E-state index contributed by atoms with van der Waals surface area (Å²) in [5.41, 5.74) is 11.6. The molecule has 3 aromatic rings. The van der Waals surface area contributed by atoms with E-state index in [9.17, 15) is 9.90 Å². The van der Waals surface area contributed by atoms with Crippen molar-refractivity contribution in [1.29, 1.82) is 0 Å². The molecule has 6 heteroatoms. The van der Waals surface area contributed by atoms with Crippen molar-refractivity contribution in [3.63, 3.8) is 0 Å². The third-order valence-corrected chi connectivity index (χ3v) is 5.73. The van der Waals surface area contributed by atoms with Crippen LogP contribution in [0, 0.1) is 0 Å². The number of carbonyl (C=O) groups excluding carboxylic acids is 1. The molecule has 0 aliphatic heterocycles. The van der Waals surface area contributed by atoms with Crippen LogP contribution in [0.3, 0.4) is 0 Å². The van der Waals surface area contributed by atoms with Gasteiger partial charge in [0.15, 0.2) is 0 Å². The van der Waals surface area contributed by atoms with E-state index in [2.05, 4.69) is 27.3 Å². The Kier molecular flexibility index (Phi) is 9.08. The highest BCUT2D eigenvalue weighted by Crippen LogP contribution is 2.31. The molecule has 5 nitrogen and oxygen atoms in total. The minimum Gasteiger partial charge on any atom is -0.488 e. The number of hydrogen-bond donors (Lipinski definition) is 3. The van der Waals surface area contributed by atoms with Crippen molar-refractivity contribution in [2.24, 2.45) is 0 Å². The van der Waals surface area contributed by atoms with Crippen LogP contribution in [0.1, 0.15) is 36.1 Å². The number of nitrogens with one attached hydrogen (secondary N) is 1. The monoisotopic (exact) mass is 520 g/mol. The van der Waals surface area contributed by atoms with E-state index in [1.165, 1.54) is 11.6 Å². The lowest BCUT2D eigenvalue weighted by Crippen LogP contribution is -2.09. The number of para-hydroxylation sites is 2. The molecule has 3 aromatic carbocycles. The largest absolute Gasteiger partial charge is 0.488 e. The van der Waals surface area contributed by atoms with E-state index < -0.39 is 0 Å². The molecule has 0 unspecified atom stereocenters. The van der Waals surface area contributed by atoms with Crippen LogP contribution in [-0.4, -0.2) is 11.0 Å². The van der Waals surface area contributed by atoms with Gasteiger partial charge in [-0.3, -0.25) is 4.79 Å². The second-order valence-electron chi connectivity index (χ2n) is 8.09. The van der Waals surface area contributed by atoms with Gasteiger partial charge < -0.3 is 20.9 Å². The quantitative estimate of drug-likeness (QED) is 0.176. The van der Waals surface area contributed by atoms with Gasteiger partial charge in [-0.2, -0.15) is 0 Å². The lowest BCUT2D eigenvalue weighted by Gasteiger charge is -2.17. The van der Waals surface area contributed by atoms with E-state index >= 15 is 0 Å². The zero-order valence-electron chi connectivity index (χ0n) is 19.3. The summed E-state index contributed by atoms with van der Waals surface area (Å²) in [6, 6.07) is 18.7. The summed E-state index contributed by atoms with van der Waals surface area (Å²) in [7, 11) is 0. The molecule has 0 atom stereocenters. The fourth-order valence-electron chi connectivity index (χ4n) is 3.35. The Morgan fingerprint density at radius 3 is 2.50 bits per heavy atom. The smallest absolute Gasteiger partial charge is 0.248 e. The van der Waals surface area contributed by atoms with E-state index in [1.807, 2.05) is 62.4 Å². The minimum absolute atomic E-state index is 0.0989. The zero-order valence-corrected chi connectivity index (χ0v) is 20.9. The summed E-state index contributed by atoms with van der Waals surface area (Å²) < 4.78 is 7.28. The molecule has 0 spiro atoms. The SMILES string of the molecule is CC(C)=CCc1c(CO)ccc(C=CC(=O)Nc2ccccc2N)c1OCc1ccc(Br)cc1. The first-order chi connectivity index (χ1) is 16.4. The molecule has 0 bridgehead atoms. The number of allylic oxidation sites excluding steroid dienone is 2. The predicted octanol–water partition coefficient (Wildman–Crippen LogP) is 6.26. The van der Waals surface area contributed by atoms with E-state index in [4.69, 9.17) is 10.5 Å². The van der Waals surface area contributed by atoms with Crippen molar-refractivity contribution in [2.45, 2.75) is 33.5 Å². The standard InChI is InChI=1S/C28H29BrN2O3/c1-19(2)7-15-24-22(17-32)11-10-21(28(24)34-18-20-8-13-23(29)14-9-20)12-16-27(33)31-26-6-4-3-5-25(26)30/h3-14,16,32H,15,17-18,30H2,1-2H3,(H,31,33). The number of halogens is 1. The van der Waals surface area contributed by atoms with Crippen molar-refractivity contribution < 1.29 is 14.6 Å². The Balaban J connectivity index is 1.92. The highest BCUT2D eigenvalue weighted by Gasteiger charge is 2.14. The Labute approximate surface area is 209 Å².